The zero-order valence-corrected chi connectivity index (χ0v) is 12.9. The smallest absolute Gasteiger partial charge is 0.160 e. The molecule has 1 unspecified atom stereocenters. The van der Waals surface area contributed by atoms with Crippen molar-refractivity contribution in [1.29, 1.82) is 0 Å². The van der Waals surface area contributed by atoms with Crippen LogP contribution in [0.25, 0.3) is 11.2 Å². The zero-order valence-electron chi connectivity index (χ0n) is 12.1. The van der Waals surface area contributed by atoms with Crippen molar-refractivity contribution < 1.29 is 0 Å². The molecule has 0 aromatic carbocycles. The predicted molar refractivity (Wildman–Crippen MR) is 82.0 cm³/mol. The molecule has 0 bridgehead atoms. The highest BCUT2D eigenvalue weighted by molar-refractivity contribution is 6.16. The van der Waals surface area contributed by atoms with E-state index in [1.807, 2.05) is 13.1 Å². The van der Waals surface area contributed by atoms with E-state index in [4.69, 9.17) is 11.6 Å². The van der Waals surface area contributed by atoms with Crippen LogP contribution in [0.4, 0.5) is 0 Å². The Hall–Kier alpha value is -1.13. The Bertz CT molecular complexity index is 607. The molecule has 3 rings (SSSR count). The van der Waals surface area contributed by atoms with Gasteiger partial charge in [-0.1, -0.05) is 6.92 Å². The molecule has 0 amide bonds. The van der Waals surface area contributed by atoms with E-state index in [9.17, 15) is 0 Å². The minimum Gasteiger partial charge on any atom is -0.311 e. The summed E-state index contributed by atoms with van der Waals surface area (Å²) >= 11 is 6.06. The molecule has 1 aliphatic rings. The van der Waals surface area contributed by atoms with Crippen LogP contribution < -0.4 is 0 Å². The fourth-order valence-electron chi connectivity index (χ4n) is 3.06. The van der Waals surface area contributed by atoms with E-state index >= 15 is 0 Å². The number of nitrogens with zero attached hydrogens (tertiary/aromatic N) is 4. The second-order valence-electron chi connectivity index (χ2n) is 5.68. The van der Waals surface area contributed by atoms with Crippen molar-refractivity contribution in [3.8, 4) is 0 Å². The number of rotatable bonds is 4. The first-order valence-electron chi connectivity index (χ1n) is 7.31. The number of imidazole rings is 1. The van der Waals surface area contributed by atoms with Crippen LogP contribution in [0.2, 0.25) is 0 Å². The zero-order chi connectivity index (χ0) is 14.1. The van der Waals surface area contributed by atoms with Crippen molar-refractivity contribution >= 4 is 22.8 Å². The van der Waals surface area contributed by atoms with Gasteiger partial charge in [0.15, 0.2) is 5.65 Å². The van der Waals surface area contributed by atoms with Crippen LogP contribution >= 0.6 is 11.6 Å². The fourth-order valence-corrected chi connectivity index (χ4v) is 3.26. The number of fused-ring (bicyclic) bond motifs is 1. The molecule has 4 nitrogen and oxygen atoms in total. The van der Waals surface area contributed by atoms with Gasteiger partial charge in [-0.15, -0.1) is 11.6 Å². The summed E-state index contributed by atoms with van der Waals surface area (Å²) in [6.07, 6.45) is 3.16. The van der Waals surface area contributed by atoms with E-state index < -0.39 is 0 Å². The lowest BCUT2D eigenvalue weighted by molar-refractivity contribution is 0.332. The number of alkyl halides is 1. The molecule has 0 radical (unpaired) electrons. The van der Waals surface area contributed by atoms with Crippen LogP contribution in [0.3, 0.4) is 0 Å². The number of likely N-dealkylation sites (tertiary alicyclic amines) is 1. The lowest BCUT2D eigenvalue weighted by atomic mass is 10.1. The molecule has 3 heterocycles. The van der Waals surface area contributed by atoms with Gasteiger partial charge < -0.3 is 9.47 Å². The Morgan fingerprint density at radius 1 is 1.45 bits per heavy atom. The molecule has 0 saturated carbocycles. The van der Waals surface area contributed by atoms with Crippen molar-refractivity contribution in [2.75, 3.05) is 19.6 Å². The molecule has 2 aromatic rings. The topological polar surface area (TPSA) is 34.0 Å². The van der Waals surface area contributed by atoms with Gasteiger partial charge in [-0.2, -0.15) is 0 Å². The Labute approximate surface area is 124 Å². The number of hydrogen-bond acceptors (Lipinski definition) is 3. The fraction of sp³-hybridized carbons (Fsp3) is 0.600. The van der Waals surface area contributed by atoms with Crippen molar-refractivity contribution in [2.24, 2.45) is 5.92 Å². The van der Waals surface area contributed by atoms with Gasteiger partial charge in [0.1, 0.15) is 11.3 Å². The molecule has 2 aromatic heterocycles. The van der Waals surface area contributed by atoms with E-state index in [2.05, 4.69) is 32.4 Å². The molecule has 1 fully saturated rings. The first-order valence-corrected chi connectivity index (χ1v) is 7.84. The molecular weight excluding hydrogens is 272 g/mol. The molecule has 1 aliphatic heterocycles. The van der Waals surface area contributed by atoms with Crippen LogP contribution in [-0.2, 0) is 12.4 Å². The van der Waals surface area contributed by atoms with Crippen molar-refractivity contribution in [3.63, 3.8) is 0 Å². The van der Waals surface area contributed by atoms with Gasteiger partial charge >= 0.3 is 0 Å². The third-order valence-corrected chi connectivity index (χ3v) is 4.42. The number of aryl methyl sites for hydroxylation is 1. The van der Waals surface area contributed by atoms with Gasteiger partial charge in [0.25, 0.3) is 0 Å². The molecule has 108 valence electrons. The highest BCUT2D eigenvalue weighted by Crippen LogP contribution is 2.23. The minimum absolute atomic E-state index is 0.444. The van der Waals surface area contributed by atoms with E-state index in [1.54, 1.807) is 0 Å². The molecule has 20 heavy (non-hydrogen) atoms. The lowest BCUT2D eigenvalue weighted by Crippen LogP contribution is -2.21. The maximum atomic E-state index is 6.06. The van der Waals surface area contributed by atoms with Crippen LogP contribution in [-0.4, -0.2) is 39.1 Å². The van der Waals surface area contributed by atoms with E-state index in [1.165, 1.54) is 19.5 Å². The van der Waals surface area contributed by atoms with Crippen LogP contribution in [0.5, 0.6) is 0 Å². The quantitative estimate of drug-likeness (QED) is 0.813. The molecule has 5 heteroatoms. The van der Waals surface area contributed by atoms with Crippen LogP contribution in [0, 0.1) is 12.8 Å². The van der Waals surface area contributed by atoms with E-state index in [0.29, 0.717) is 11.8 Å². The van der Waals surface area contributed by atoms with Crippen molar-refractivity contribution in [1.82, 2.24) is 19.4 Å². The van der Waals surface area contributed by atoms with Crippen molar-refractivity contribution in [3.05, 3.63) is 23.7 Å². The Balaban J connectivity index is 1.90. The summed E-state index contributed by atoms with van der Waals surface area (Å²) in [6, 6.07) is 2.09. The van der Waals surface area contributed by atoms with Gasteiger partial charge in [0.05, 0.1) is 5.88 Å². The largest absolute Gasteiger partial charge is 0.311 e. The SMILES string of the molecule is CCN1CCC(Cn2c(CCl)nc3cc(C)cnc32)C1. The maximum Gasteiger partial charge on any atom is 0.160 e. The van der Waals surface area contributed by atoms with E-state index in [-0.39, 0.29) is 0 Å². The van der Waals surface area contributed by atoms with E-state index in [0.717, 1.165) is 35.6 Å². The number of aromatic nitrogens is 3. The van der Waals surface area contributed by atoms with Gasteiger partial charge in [-0.05, 0) is 44.0 Å². The Morgan fingerprint density at radius 2 is 2.30 bits per heavy atom. The summed E-state index contributed by atoms with van der Waals surface area (Å²) in [5.74, 6) is 2.06. The summed E-state index contributed by atoms with van der Waals surface area (Å²) < 4.78 is 2.21. The van der Waals surface area contributed by atoms with Gasteiger partial charge in [0.2, 0.25) is 0 Å². The molecule has 0 spiro atoms. The maximum absolute atomic E-state index is 6.06. The summed E-state index contributed by atoms with van der Waals surface area (Å²) in [5, 5.41) is 0. The summed E-state index contributed by atoms with van der Waals surface area (Å²) in [4.78, 5) is 11.7. The summed E-state index contributed by atoms with van der Waals surface area (Å²) in [5.41, 5.74) is 3.08. The lowest BCUT2D eigenvalue weighted by Gasteiger charge is -2.15. The number of halogens is 1. The van der Waals surface area contributed by atoms with Crippen LogP contribution in [0.1, 0.15) is 24.7 Å². The average Bonchev–Trinajstić information content (AvgIpc) is 3.03. The van der Waals surface area contributed by atoms with Crippen molar-refractivity contribution in [2.45, 2.75) is 32.7 Å². The molecule has 1 atom stereocenters. The second-order valence-corrected chi connectivity index (χ2v) is 5.94. The number of pyridine rings is 1. The summed E-state index contributed by atoms with van der Waals surface area (Å²) in [7, 11) is 0. The second kappa shape index (κ2) is 5.70. The minimum atomic E-state index is 0.444. The van der Waals surface area contributed by atoms with Gasteiger partial charge in [0, 0.05) is 19.3 Å². The van der Waals surface area contributed by atoms with Gasteiger partial charge in [-0.3, -0.25) is 0 Å². The standard InChI is InChI=1S/C15H21ClN4/c1-3-19-5-4-12(9-19)10-20-14(7-16)18-13-6-11(2)8-17-15(13)20/h6,8,12H,3-5,7,9-10H2,1-2H3. The first kappa shape index (κ1) is 13.8. The number of hydrogen-bond donors (Lipinski definition) is 0. The molecule has 0 aliphatic carbocycles. The summed E-state index contributed by atoms with van der Waals surface area (Å²) in [6.45, 7) is 8.76. The Morgan fingerprint density at radius 3 is 3.00 bits per heavy atom. The normalized spacial score (nSPS) is 20.1. The molecule has 0 N–H and O–H groups in total. The highest BCUT2D eigenvalue weighted by Gasteiger charge is 2.23. The highest BCUT2D eigenvalue weighted by atomic mass is 35.5. The molecular formula is C15H21ClN4. The van der Waals surface area contributed by atoms with Gasteiger partial charge in [-0.25, -0.2) is 9.97 Å². The first-order chi connectivity index (χ1) is 9.71. The molecule has 1 saturated heterocycles. The predicted octanol–water partition coefficient (Wildman–Crippen LogP) is 2.82. The monoisotopic (exact) mass is 292 g/mol. The third kappa shape index (κ3) is 2.54. The average molecular weight is 293 g/mol. The third-order valence-electron chi connectivity index (χ3n) is 4.18. The Kier molecular flexibility index (Phi) is 3.94. The van der Waals surface area contributed by atoms with Crippen LogP contribution in [0.15, 0.2) is 12.3 Å².